The van der Waals surface area contributed by atoms with Crippen LogP contribution in [-0.4, -0.2) is 35.9 Å². The minimum Gasteiger partial charge on any atom is -0.376 e. The average molecular weight is 659 g/mol. The molecule has 0 heterocycles. The van der Waals surface area contributed by atoms with Gasteiger partial charge in [0.1, 0.15) is 13.8 Å². The molecule has 18 heteroatoms. The zero-order valence-electron chi connectivity index (χ0n) is 22.1. The number of hydrogen-bond donors (Lipinski definition) is 0. The summed E-state index contributed by atoms with van der Waals surface area (Å²) < 4.78 is 177. The second kappa shape index (κ2) is 11.2. The Morgan fingerprint density at radius 2 is 1.15 bits per heavy atom. The van der Waals surface area contributed by atoms with Crippen molar-refractivity contribution in [1.29, 1.82) is 0 Å². The van der Waals surface area contributed by atoms with Gasteiger partial charge in [0.05, 0.1) is 5.56 Å². The van der Waals surface area contributed by atoms with Crippen LogP contribution in [0.25, 0.3) is 10.8 Å². The van der Waals surface area contributed by atoms with Crippen molar-refractivity contribution >= 4 is 39.1 Å². The van der Waals surface area contributed by atoms with Crippen molar-refractivity contribution in [1.82, 2.24) is 0 Å². The van der Waals surface area contributed by atoms with Crippen molar-refractivity contribution in [2.45, 2.75) is 69.2 Å². The minimum atomic E-state index is -6.67. The highest BCUT2D eigenvalue weighted by molar-refractivity contribution is 7.88. The van der Waals surface area contributed by atoms with Crippen LogP contribution in [-0.2, 0) is 20.2 Å². The molecule has 230 valence electrons. The maximum absolute atomic E-state index is 15.1. The van der Waals surface area contributed by atoms with Crippen molar-refractivity contribution in [3.8, 4) is 23.0 Å². The van der Waals surface area contributed by atoms with E-state index in [2.05, 4.69) is 19.8 Å². The fourth-order valence-electron chi connectivity index (χ4n) is 4.63. The molecule has 0 spiro atoms. The molecule has 6 nitrogen and oxygen atoms in total. The largest absolute Gasteiger partial charge is 0.534 e. The molecule has 2 aromatic carbocycles. The highest BCUT2D eigenvalue weighted by atomic mass is 32.2. The van der Waals surface area contributed by atoms with Crippen molar-refractivity contribution in [2.24, 2.45) is 0 Å². The lowest BCUT2D eigenvalue weighted by molar-refractivity contribution is -0.0502. The summed E-state index contributed by atoms with van der Waals surface area (Å²) in [4.78, 5) is 0. The molecule has 0 saturated carbocycles. The first kappa shape index (κ1) is 34.5. The zero-order valence-corrected chi connectivity index (χ0v) is 24.7. The third-order valence-corrected chi connectivity index (χ3v) is 14.6. The van der Waals surface area contributed by atoms with Crippen LogP contribution in [0.1, 0.15) is 47.1 Å². The molecule has 0 aliphatic heterocycles. The predicted octanol–water partition coefficient (Wildman–Crippen LogP) is 7.28. The first-order valence-corrected chi connectivity index (χ1v) is 16.6. The van der Waals surface area contributed by atoms with Gasteiger partial charge in [-0.1, -0.05) is 47.5 Å². The summed E-state index contributed by atoms with van der Waals surface area (Å²) in [6.45, 7) is 10.8. The van der Waals surface area contributed by atoms with Crippen LogP contribution in [0.2, 0.25) is 16.6 Å². The Balaban J connectivity index is 3.16. The minimum absolute atomic E-state index is 0.0884. The average Bonchev–Trinajstić information content (AvgIpc) is 2.77. The first-order chi connectivity index (χ1) is 18.3. The number of rotatable bonds is 7. The number of hydrogen-bond acceptors (Lipinski definition) is 6. The van der Waals surface area contributed by atoms with Gasteiger partial charge in [0, 0.05) is 16.8 Å². The fourth-order valence-corrected chi connectivity index (χ4v) is 10.7. The van der Waals surface area contributed by atoms with E-state index in [-0.39, 0.29) is 28.8 Å². The lowest BCUT2D eigenvalue weighted by atomic mass is 10.0. The summed E-state index contributed by atoms with van der Waals surface area (Å²) in [5.41, 5.74) is -11.0. The Hall–Kier alpha value is -2.65. The van der Waals surface area contributed by atoms with Crippen LogP contribution in [0.4, 0.5) is 39.5 Å². The third-order valence-electron chi connectivity index (χ3n) is 6.41. The van der Waals surface area contributed by atoms with E-state index in [0.717, 1.165) is 0 Å². The molecule has 0 aliphatic carbocycles. The SMILES string of the molecule is CC(C)[Si](C#Cc1c(F)c(F)c(F)c2cc(OS(=O)(=O)C(F)(F)F)cc(OS(=O)(=O)C(F)(F)F)c12)(C(C)C)C(C)C. The van der Waals surface area contributed by atoms with Gasteiger partial charge >= 0.3 is 31.3 Å². The second-order valence-corrected chi connectivity index (χ2v) is 18.4. The molecule has 0 radical (unpaired) electrons. The smallest absolute Gasteiger partial charge is 0.376 e. The van der Waals surface area contributed by atoms with E-state index in [9.17, 15) is 52.0 Å². The van der Waals surface area contributed by atoms with Gasteiger partial charge in [-0.05, 0) is 22.7 Å². The van der Waals surface area contributed by atoms with Crippen molar-refractivity contribution in [3.63, 3.8) is 0 Å². The van der Waals surface area contributed by atoms with Crippen LogP contribution in [0.5, 0.6) is 11.5 Å². The quantitative estimate of drug-likeness (QED) is 0.0776. The Bertz CT molecular complexity index is 1600. The lowest BCUT2D eigenvalue weighted by Gasteiger charge is -2.38. The summed E-state index contributed by atoms with van der Waals surface area (Å²) in [5.74, 6) is -7.62. The lowest BCUT2D eigenvalue weighted by Crippen LogP contribution is -2.43. The van der Waals surface area contributed by atoms with Gasteiger partial charge in [-0.2, -0.15) is 43.2 Å². The molecule has 0 N–H and O–H groups in total. The van der Waals surface area contributed by atoms with E-state index in [4.69, 9.17) is 0 Å². The van der Waals surface area contributed by atoms with E-state index in [1.807, 2.05) is 0 Å². The first-order valence-electron chi connectivity index (χ1n) is 11.5. The van der Waals surface area contributed by atoms with Gasteiger partial charge in [-0.3, -0.25) is 0 Å². The Kier molecular flexibility index (Phi) is 9.44. The van der Waals surface area contributed by atoms with Crippen LogP contribution in [0.15, 0.2) is 12.1 Å². The molecule has 0 aliphatic rings. The van der Waals surface area contributed by atoms with Crippen LogP contribution in [0, 0.1) is 28.9 Å². The Morgan fingerprint density at radius 1 is 0.707 bits per heavy atom. The molecular formula is C23H23F9O6S2Si. The molecule has 2 aromatic rings. The van der Waals surface area contributed by atoms with Gasteiger partial charge < -0.3 is 8.37 Å². The number of alkyl halides is 6. The topological polar surface area (TPSA) is 86.7 Å². The zero-order chi connectivity index (χ0) is 32.1. The molecule has 0 bridgehead atoms. The third kappa shape index (κ3) is 6.41. The highest BCUT2D eigenvalue weighted by Crippen LogP contribution is 2.43. The summed E-state index contributed by atoms with van der Waals surface area (Å²) in [6.07, 6.45) is 0. The molecule has 0 atom stereocenters. The van der Waals surface area contributed by atoms with Crippen molar-refractivity contribution in [2.75, 3.05) is 0 Å². The summed E-state index contributed by atoms with van der Waals surface area (Å²) >= 11 is 0. The van der Waals surface area contributed by atoms with E-state index in [0.29, 0.717) is 0 Å². The van der Waals surface area contributed by atoms with Gasteiger partial charge in [0.15, 0.2) is 23.2 Å². The maximum atomic E-state index is 15.1. The van der Waals surface area contributed by atoms with E-state index >= 15 is 4.39 Å². The molecule has 0 amide bonds. The highest BCUT2D eigenvalue weighted by Gasteiger charge is 2.50. The van der Waals surface area contributed by atoms with Crippen molar-refractivity contribution < 1.29 is 64.7 Å². The predicted molar refractivity (Wildman–Crippen MR) is 133 cm³/mol. The molecule has 0 fully saturated rings. The van der Waals surface area contributed by atoms with E-state index in [1.165, 1.54) is 0 Å². The molecule has 0 aromatic heterocycles. The molecule has 2 rings (SSSR count). The number of benzene rings is 2. The standard InChI is InChI=1S/C23H23F9O6S2Si/c1-11(2)41(12(3)4,13(5)6)8-7-15-18-16(20(25)21(26)19(15)24)9-14(37-39(33,34)22(27,28)29)10-17(18)38-40(35,36)23(30,31)32/h9-13H,1-6H3. The molecule has 0 unspecified atom stereocenters. The van der Waals surface area contributed by atoms with Crippen LogP contribution in [0.3, 0.4) is 0 Å². The van der Waals surface area contributed by atoms with E-state index < -0.39 is 84.6 Å². The fraction of sp³-hybridized carbons (Fsp3) is 0.478. The summed E-state index contributed by atoms with van der Waals surface area (Å²) in [6, 6.07) is 0.00162. The van der Waals surface area contributed by atoms with Gasteiger partial charge in [-0.15, -0.1) is 5.54 Å². The molecular weight excluding hydrogens is 635 g/mol. The number of halogens is 9. The van der Waals surface area contributed by atoms with Crippen molar-refractivity contribution in [3.05, 3.63) is 35.1 Å². The second-order valence-electron chi connectivity index (χ2n) is 9.77. The Labute approximate surface area is 231 Å². The van der Waals surface area contributed by atoms with Gasteiger partial charge in [0.25, 0.3) is 0 Å². The monoisotopic (exact) mass is 658 g/mol. The number of fused-ring (bicyclic) bond motifs is 1. The molecule has 41 heavy (non-hydrogen) atoms. The van der Waals surface area contributed by atoms with Gasteiger partial charge in [0.2, 0.25) is 0 Å². The molecule has 0 saturated heterocycles. The summed E-state index contributed by atoms with van der Waals surface area (Å²) in [5, 5.41) is -2.60. The van der Waals surface area contributed by atoms with Gasteiger partial charge in [-0.25, -0.2) is 13.2 Å². The summed E-state index contributed by atoms with van der Waals surface area (Å²) in [7, 11) is -16.0. The van der Waals surface area contributed by atoms with E-state index in [1.54, 1.807) is 41.5 Å². The normalized spacial score (nSPS) is 13.6. The van der Waals surface area contributed by atoms with Crippen LogP contribution >= 0.6 is 0 Å². The Morgan fingerprint density at radius 3 is 1.56 bits per heavy atom. The maximum Gasteiger partial charge on any atom is 0.534 e. The van der Waals surface area contributed by atoms with Crippen LogP contribution < -0.4 is 8.37 Å².